The molecule has 1 amide bonds. The van der Waals surface area contributed by atoms with Gasteiger partial charge in [-0.05, 0) is 49.9 Å². The van der Waals surface area contributed by atoms with E-state index in [0.717, 1.165) is 37.7 Å². The zero-order valence-corrected chi connectivity index (χ0v) is 12.9. The van der Waals surface area contributed by atoms with E-state index in [1.165, 1.54) is 0 Å². The molecule has 5 heteroatoms. The molecular formula is C15H20Cl2N2O. The second-order valence-electron chi connectivity index (χ2n) is 5.32. The zero-order chi connectivity index (χ0) is 14.6. The van der Waals surface area contributed by atoms with Gasteiger partial charge in [-0.3, -0.25) is 4.79 Å². The van der Waals surface area contributed by atoms with Gasteiger partial charge in [0, 0.05) is 6.54 Å². The summed E-state index contributed by atoms with van der Waals surface area (Å²) in [6.45, 7) is 1.34. The van der Waals surface area contributed by atoms with Crippen LogP contribution in [0.4, 0.5) is 0 Å². The lowest BCUT2D eigenvalue weighted by Crippen LogP contribution is -2.49. The van der Waals surface area contributed by atoms with E-state index in [4.69, 9.17) is 28.9 Å². The van der Waals surface area contributed by atoms with E-state index in [-0.39, 0.29) is 5.91 Å². The van der Waals surface area contributed by atoms with Gasteiger partial charge in [0.1, 0.15) is 0 Å². The number of amides is 1. The van der Waals surface area contributed by atoms with E-state index in [0.29, 0.717) is 23.1 Å². The maximum Gasteiger partial charge on any atom is 0.230 e. The monoisotopic (exact) mass is 314 g/mol. The van der Waals surface area contributed by atoms with Crippen LogP contribution in [-0.4, -0.2) is 19.0 Å². The average molecular weight is 315 g/mol. The molecule has 3 N–H and O–H groups in total. The predicted octanol–water partition coefficient (Wildman–Crippen LogP) is 3.27. The quantitative estimate of drug-likeness (QED) is 0.792. The third-order valence-electron chi connectivity index (χ3n) is 4.03. The Kier molecular flexibility index (Phi) is 5.30. The minimum atomic E-state index is -0.420. The van der Waals surface area contributed by atoms with Crippen LogP contribution in [0.15, 0.2) is 18.2 Å². The first-order valence-electron chi connectivity index (χ1n) is 7.04. The fourth-order valence-corrected chi connectivity index (χ4v) is 2.91. The van der Waals surface area contributed by atoms with E-state index in [9.17, 15) is 4.79 Å². The molecule has 0 spiro atoms. The summed E-state index contributed by atoms with van der Waals surface area (Å²) in [4.78, 5) is 12.5. The third kappa shape index (κ3) is 3.11. The molecule has 2 rings (SSSR count). The average Bonchev–Trinajstić information content (AvgIpc) is 2.37. The van der Waals surface area contributed by atoms with Gasteiger partial charge in [0.25, 0.3) is 0 Å². The number of hydrogen-bond acceptors (Lipinski definition) is 2. The second-order valence-corrected chi connectivity index (χ2v) is 6.13. The van der Waals surface area contributed by atoms with Gasteiger partial charge in [0.05, 0.1) is 15.5 Å². The van der Waals surface area contributed by atoms with Crippen LogP contribution in [0.1, 0.15) is 37.7 Å². The molecule has 0 aromatic heterocycles. The molecule has 0 saturated heterocycles. The van der Waals surface area contributed by atoms with Gasteiger partial charge in [-0.15, -0.1) is 0 Å². The standard InChI is InChI=1S/C15H20Cl2N2O/c16-12-5-4-11(10-13(12)17)15(6-3-7-15)14(20)19-9-2-1-8-18/h4-5,10H,1-3,6-9,18H2,(H,19,20). The van der Waals surface area contributed by atoms with Gasteiger partial charge in [-0.2, -0.15) is 0 Å². The van der Waals surface area contributed by atoms with Crippen molar-refractivity contribution in [1.29, 1.82) is 0 Å². The summed E-state index contributed by atoms with van der Waals surface area (Å²) in [5.74, 6) is 0.0964. The minimum Gasteiger partial charge on any atom is -0.355 e. The van der Waals surface area contributed by atoms with Gasteiger partial charge >= 0.3 is 0 Å². The summed E-state index contributed by atoms with van der Waals surface area (Å²) in [5.41, 5.74) is 6.00. The van der Waals surface area contributed by atoms with Crippen molar-refractivity contribution >= 4 is 29.1 Å². The molecule has 1 aromatic rings. The van der Waals surface area contributed by atoms with Gasteiger partial charge in [-0.1, -0.05) is 35.7 Å². The Balaban J connectivity index is 2.08. The predicted molar refractivity (Wildman–Crippen MR) is 83.3 cm³/mol. The minimum absolute atomic E-state index is 0.0964. The lowest BCUT2D eigenvalue weighted by Gasteiger charge is -2.41. The SMILES string of the molecule is NCCCCNC(=O)C1(c2ccc(Cl)c(Cl)c2)CCC1. The molecule has 1 fully saturated rings. The largest absolute Gasteiger partial charge is 0.355 e. The van der Waals surface area contributed by atoms with Crippen LogP contribution >= 0.6 is 23.2 Å². The van der Waals surface area contributed by atoms with E-state index in [1.54, 1.807) is 6.07 Å². The van der Waals surface area contributed by atoms with E-state index >= 15 is 0 Å². The molecule has 20 heavy (non-hydrogen) atoms. The Hall–Kier alpha value is -0.770. The van der Waals surface area contributed by atoms with Gasteiger partial charge < -0.3 is 11.1 Å². The molecule has 0 heterocycles. The molecule has 1 aromatic carbocycles. The second kappa shape index (κ2) is 6.79. The van der Waals surface area contributed by atoms with Crippen molar-refractivity contribution in [1.82, 2.24) is 5.32 Å². The van der Waals surface area contributed by atoms with Crippen molar-refractivity contribution < 1.29 is 4.79 Å². The topological polar surface area (TPSA) is 55.1 Å². The maximum atomic E-state index is 12.5. The normalized spacial score (nSPS) is 16.6. The molecular weight excluding hydrogens is 295 g/mol. The summed E-state index contributed by atoms with van der Waals surface area (Å²) in [6, 6.07) is 5.50. The molecule has 1 saturated carbocycles. The van der Waals surface area contributed by atoms with Crippen molar-refractivity contribution in [3.63, 3.8) is 0 Å². The van der Waals surface area contributed by atoms with Crippen LogP contribution in [-0.2, 0) is 10.2 Å². The van der Waals surface area contributed by atoms with E-state index in [2.05, 4.69) is 5.32 Å². The number of nitrogens with one attached hydrogen (secondary N) is 1. The molecule has 1 aliphatic rings. The fraction of sp³-hybridized carbons (Fsp3) is 0.533. The highest BCUT2D eigenvalue weighted by Crippen LogP contribution is 2.45. The van der Waals surface area contributed by atoms with Crippen molar-refractivity contribution in [3.8, 4) is 0 Å². The highest BCUT2D eigenvalue weighted by Gasteiger charge is 2.45. The Labute approximate surface area is 129 Å². The first-order chi connectivity index (χ1) is 9.60. The smallest absolute Gasteiger partial charge is 0.230 e. The Morgan fingerprint density at radius 1 is 1.25 bits per heavy atom. The molecule has 0 atom stereocenters. The van der Waals surface area contributed by atoms with Crippen LogP contribution < -0.4 is 11.1 Å². The summed E-state index contributed by atoms with van der Waals surface area (Å²) in [7, 11) is 0. The molecule has 1 aliphatic carbocycles. The van der Waals surface area contributed by atoms with Gasteiger partial charge in [0.15, 0.2) is 0 Å². The number of halogens is 2. The summed E-state index contributed by atoms with van der Waals surface area (Å²) in [6.07, 6.45) is 4.65. The van der Waals surface area contributed by atoms with Crippen LogP contribution in [0.25, 0.3) is 0 Å². The number of carbonyl (C=O) groups excluding carboxylic acids is 1. The highest BCUT2D eigenvalue weighted by molar-refractivity contribution is 6.42. The lowest BCUT2D eigenvalue weighted by atomic mass is 9.64. The molecule has 110 valence electrons. The lowest BCUT2D eigenvalue weighted by molar-refractivity contribution is -0.129. The fourth-order valence-electron chi connectivity index (χ4n) is 2.61. The van der Waals surface area contributed by atoms with Crippen molar-refractivity contribution in [3.05, 3.63) is 33.8 Å². The van der Waals surface area contributed by atoms with Crippen molar-refractivity contribution in [2.75, 3.05) is 13.1 Å². The summed E-state index contributed by atoms with van der Waals surface area (Å²) >= 11 is 12.0. The summed E-state index contributed by atoms with van der Waals surface area (Å²) < 4.78 is 0. The number of carbonyl (C=O) groups is 1. The Morgan fingerprint density at radius 3 is 2.55 bits per heavy atom. The van der Waals surface area contributed by atoms with Crippen LogP contribution in [0, 0.1) is 0 Å². The van der Waals surface area contributed by atoms with E-state index in [1.807, 2.05) is 12.1 Å². The Bertz CT molecular complexity index is 487. The van der Waals surface area contributed by atoms with E-state index < -0.39 is 5.41 Å². The molecule has 3 nitrogen and oxygen atoms in total. The summed E-state index contributed by atoms with van der Waals surface area (Å²) in [5, 5.41) is 4.05. The van der Waals surface area contributed by atoms with Crippen LogP contribution in [0.3, 0.4) is 0 Å². The van der Waals surface area contributed by atoms with Crippen LogP contribution in [0.2, 0.25) is 10.0 Å². The van der Waals surface area contributed by atoms with Gasteiger partial charge in [0.2, 0.25) is 5.91 Å². The molecule has 0 bridgehead atoms. The molecule has 0 radical (unpaired) electrons. The van der Waals surface area contributed by atoms with Crippen molar-refractivity contribution in [2.45, 2.75) is 37.5 Å². The number of rotatable bonds is 6. The number of nitrogens with two attached hydrogens (primary N) is 1. The molecule has 0 unspecified atom stereocenters. The third-order valence-corrected chi connectivity index (χ3v) is 4.77. The highest BCUT2D eigenvalue weighted by atomic mass is 35.5. The maximum absolute atomic E-state index is 12.5. The Morgan fingerprint density at radius 2 is 2.00 bits per heavy atom. The number of benzene rings is 1. The van der Waals surface area contributed by atoms with Gasteiger partial charge in [-0.25, -0.2) is 0 Å². The zero-order valence-electron chi connectivity index (χ0n) is 11.4. The number of hydrogen-bond donors (Lipinski definition) is 2. The number of unbranched alkanes of at least 4 members (excludes halogenated alkanes) is 1. The van der Waals surface area contributed by atoms with Crippen LogP contribution in [0.5, 0.6) is 0 Å². The van der Waals surface area contributed by atoms with Crippen molar-refractivity contribution in [2.24, 2.45) is 5.73 Å². The first kappa shape index (κ1) is 15.6. The first-order valence-corrected chi connectivity index (χ1v) is 7.79. The molecule has 0 aliphatic heterocycles.